The fourth-order valence-electron chi connectivity index (χ4n) is 5.25. The van der Waals surface area contributed by atoms with E-state index in [1.54, 1.807) is 24.3 Å². The number of alkyl halides is 1. The number of esters is 1. The van der Waals surface area contributed by atoms with E-state index in [1.807, 2.05) is 13.0 Å². The van der Waals surface area contributed by atoms with E-state index in [2.05, 4.69) is 11.9 Å². The maximum absolute atomic E-state index is 12.5. The molecule has 0 saturated carbocycles. The summed E-state index contributed by atoms with van der Waals surface area (Å²) >= 11 is 6.56. The number of aliphatic carboxylic acids is 1. The highest BCUT2D eigenvalue weighted by molar-refractivity contribution is 7.03. The number of carboxylic acids is 1. The van der Waals surface area contributed by atoms with Crippen molar-refractivity contribution in [3.63, 3.8) is 0 Å². The third-order valence-corrected chi connectivity index (χ3v) is 9.34. The van der Waals surface area contributed by atoms with Gasteiger partial charge in [-0.15, -0.1) is 11.6 Å². The maximum Gasteiger partial charge on any atom is 0.341 e. The highest BCUT2D eigenvalue weighted by Gasteiger charge is 2.52. The molecule has 1 aliphatic carbocycles. The van der Waals surface area contributed by atoms with Gasteiger partial charge in [0.1, 0.15) is 6.61 Å². The summed E-state index contributed by atoms with van der Waals surface area (Å²) in [5.41, 5.74) is 1.97. The zero-order valence-electron chi connectivity index (χ0n) is 25.2. The third-order valence-electron chi connectivity index (χ3n) is 8.14. The first-order valence-corrected chi connectivity index (χ1v) is 16.1. The summed E-state index contributed by atoms with van der Waals surface area (Å²) in [7, 11) is 0. The molecular formula is C32H38ClN3O8S. The van der Waals surface area contributed by atoms with Crippen LogP contribution in [-0.4, -0.2) is 55.7 Å². The molecule has 3 atom stereocenters. The molecule has 13 heteroatoms. The Bertz CT molecular complexity index is 1590. The molecule has 11 nitrogen and oxygen atoms in total. The number of aryl methyl sites for hydroxylation is 1. The topological polar surface area (TPSA) is 149 Å². The van der Waals surface area contributed by atoms with Crippen LogP contribution >= 0.6 is 23.1 Å². The summed E-state index contributed by atoms with van der Waals surface area (Å²) in [4.78, 5) is 60.5. The molecule has 4 rings (SSSR count). The molecule has 0 unspecified atom stereocenters. The van der Waals surface area contributed by atoms with E-state index in [0.29, 0.717) is 38.1 Å². The summed E-state index contributed by atoms with van der Waals surface area (Å²) in [6.07, 6.45) is 8.08. The van der Waals surface area contributed by atoms with Crippen molar-refractivity contribution in [1.29, 1.82) is 0 Å². The van der Waals surface area contributed by atoms with E-state index in [9.17, 15) is 29.1 Å². The number of hydrogen-bond donors (Lipinski definition) is 2. The Balaban J connectivity index is 1.23. The Kier molecular flexibility index (Phi) is 11.8. The molecule has 1 aliphatic heterocycles. The Hall–Kier alpha value is -3.74. The third kappa shape index (κ3) is 9.62. The minimum Gasteiger partial charge on any atom is -0.478 e. The van der Waals surface area contributed by atoms with Gasteiger partial charge in [0, 0.05) is 48.2 Å². The predicted octanol–water partition coefficient (Wildman–Crippen LogP) is 3.77. The first kappa shape index (κ1) is 34.1. The summed E-state index contributed by atoms with van der Waals surface area (Å²) < 4.78 is 13.8. The second kappa shape index (κ2) is 15.5. The lowest BCUT2D eigenvalue weighted by Crippen LogP contribution is -2.29. The molecule has 0 bridgehead atoms. The summed E-state index contributed by atoms with van der Waals surface area (Å²) in [5, 5.41) is 12.1. The molecule has 1 fully saturated rings. The Labute approximate surface area is 269 Å². The maximum atomic E-state index is 12.5. The number of epoxide rings is 1. The number of hydrogen-bond acceptors (Lipinski definition) is 8. The first-order valence-electron chi connectivity index (χ1n) is 14.8. The van der Waals surface area contributed by atoms with Crippen LogP contribution in [0.15, 0.2) is 69.8 Å². The van der Waals surface area contributed by atoms with Gasteiger partial charge in [0.15, 0.2) is 0 Å². The predicted molar refractivity (Wildman–Crippen MR) is 170 cm³/mol. The number of benzene rings is 1. The van der Waals surface area contributed by atoms with Crippen molar-refractivity contribution in [2.24, 2.45) is 5.92 Å². The molecule has 0 spiro atoms. The van der Waals surface area contributed by atoms with Gasteiger partial charge in [-0.3, -0.25) is 9.59 Å². The van der Waals surface area contributed by atoms with Crippen LogP contribution in [0, 0.1) is 5.92 Å². The van der Waals surface area contributed by atoms with Gasteiger partial charge >= 0.3 is 22.5 Å². The van der Waals surface area contributed by atoms with Gasteiger partial charge in [-0.1, -0.05) is 36.9 Å². The first-order chi connectivity index (χ1) is 21.5. The average molecular weight is 660 g/mol. The Morgan fingerprint density at radius 2 is 1.96 bits per heavy atom. The quantitative estimate of drug-likeness (QED) is 0.109. The van der Waals surface area contributed by atoms with Crippen molar-refractivity contribution in [2.45, 2.75) is 76.8 Å². The van der Waals surface area contributed by atoms with Crippen LogP contribution < -0.4 is 15.9 Å². The molecule has 1 saturated heterocycles. The van der Waals surface area contributed by atoms with Crippen molar-refractivity contribution < 1.29 is 29.0 Å². The molecule has 45 heavy (non-hydrogen) atoms. The average Bonchev–Trinajstić information content (AvgIpc) is 3.59. The SMILES string of the molecule is C=C(C(=O)O)[C@@H]1CC/C(COC(=O)/C=C\C(=O)NCc2ccc(Cn3c(=O)sn(CCCCl)c3=O)cc2)=C\CC[C@@]2(C)O[C@H]2C1. The normalized spacial score (nSPS) is 22.6. The lowest BCUT2D eigenvalue weighted by atomic mass is 9.84. The Morgan fingerprint density at radius 3 is 2.67 bits per heavy atom. The number of carboxylic acid groups (broad SMARTS) is 1. The monoisotopic (exact) mass is 659 g/mol. The molecule has 1 aromatic carbocycles. The van der Waals surface area contributed by atoms with Crippen LogP contribution in [-0.2, 0) is 43.5 Å². The molecule has 1 aromatic heterocycles. The standard InChI is InChI=1S/C32H38ClN3O8S/c1-21(29(39)40)25-11-10-24(5-3-14-32(2)26(17-25)44-32)20-43-28(38)13-12-27(37)34-18-22-6-8-23(9-7-22)19-35-30(41)36(16-4-15-33)45-31(35)42/h5-9,12-13,25-26H,1,3-4,10-11,14-20H2,2H3,(H,34,37)(H,39,40)/b13-12-,24-5+/t25-,26+,32-/m1/s1. The van der Waals surface area contributed by atoms with Crippen molar-refractivity contribution in [2.75, 3.05) is 12.5 Å². The molecule has 1 amide bonds. The van der Waals surface area contributed by atoms with Gasteiger partial charge in [-0.25, -0.2) is 22.9 Å². The number of nitrogens with zero attached hydrogens (tertiary/aromatic N) is 2. The number of nitrogens with one attached hydrogen (secondary N) is 1. The largest absolute Gasteiger partial charge is 0.478 e. The summed E-state index contributed by atoms with van der Waals surface area (Å²) in [6, 6.07) is 7.14. The zero-order chi connectivity index (χ0) is 32.6. The fourth-order valence-corrected chi connectivity index (χ4v) is 6.20. The molecule has 2 aliphatic rings. The number of carbonyl (C=O) groups excluding carboxylic acids is 2. The van der Waals surface area contributed by atoms with Crippen LogP contribution in [0.25, 0.3) is 0 Å². The lowest BCUT2D eigenvalue weighted by Gasteiger charge is -2.19. The van der Waals surface area contributed by atoms with Crippen LogP contribution in [0.5, 0.6) is 0 Å². The summed E-state index contributed by atoms with van der Waals surface area (Å²) in [5.74, 6) is -1.99. The highest BCUT2D eigenvalue weighted by Crippen LogP contribution is 2.46. The summed E-state index contributed by atoms with van der Waals surface area (Å²) in [6.45, 7) is 6.58. The number of allylic oxidation sites excluding steroid dienone is 1. The van der Waals surface area contributed by atoms with Crippen LogP contribution in [0.2, 0.25) is 0 Å². The fraction of sp³-hybridized carbons (Fsp3) is 0.469. The number of halogens is 1. The number of rotatable bonds is 13. The van der Waals surface area contributed by atoms with Crippen molar-refractivity contribution in [3.8, 4) is 0 Å². The van der Waals surface area contributed by atoms with E-state index in [-0.39, 0.29) is 53.5 Å². The molecule has 2 aromatic rings. The highest BCUT2D eigenvalue weighted by atomic mass is 35.5. The second-order valence-corrected chi connectivity index (χ2v) is 12.8. The van der Waals surface area contributed by atoms with E-state index in [4.69, 9.17) is 21.1 Å². The minimum atomic E-state index is -1.02. The lowest BCUT2D eigenvalue weighted by molar-refractivity contribution is -0.137. The number of amides is 1. The van der Waals surface area contributed by atoms with E-state index in [1.165, 1.54) is 8.52 Å². The van der Waals surface area contributed by atoms with Crippen LogP contribution in [0.3, 0.4) is 0 Å². The van der Waals surface area contributed by atoms with Crippen molar-refractivity contribution >= 4 is 41.0 Å². The minimum absolute atomic E-state index is 0.0264. The van der Waals surface area contributed by atoms with Gasteiger partial charge in [0.2, 0.25) is 5.91 Å². The molecule has 242 valence electrons. The van der Waals surface area contributed by atoms with Crippen LogP contribution in [0.4, 0.5) is 0 Å². The van der Waals surface area contributed by atoms with Gasteiger partial charge < -0.3 is 19.9 Å². The Morgan fingerprint density at radius 1 is 1.22 bits per heavy atom. The van der Waals surface area contributed by atoms with Gasteiger partial charge in [-0.05, 0) is 68.1 Å². The van der Waals surface area contributed by atoms with Crippen molar-refractivity contribution in [1.82, 2.24) is 13.8 Å². The van der Waals surface area contributed by atoms with E-state index >= 15 is 0 Å². The van der Waals surface area contributed by atoms with Crippen molar-refractivity contribution in [3.05, 3.63) is 91.5 Å². The van der Waals surface area contributed by atoms with E-state index in [0.717, 1.165) is 53.2 Å². The smallest absolute Gasteiger partial charge is 0.341 e. The van der Waals surface area contributed by atoms with E-state index < -0.39 is 17.8 Å². The van der Waals surface area contributed by atoms with Gasteiger partial charge in [0.25, 0.3) is 0 Å². The van der Waals surface area contributed by atoms with Crippen LogP contribution in [0.1, 0.15) is 56.6 Å². The molecular weight excluding hydrogens is 622 g/mol. The molecule has 2 heterocycles. The zero-order valence-corrected chi connectivity index (χ0v) is 26.7. The molecule has 0 radical (unpaired) electrons. The number of ether oxygens (including phenoxy) is 2. The van der Waals surface area contributed by atoms with Gasteiger partial charge in [-0.2, -0.15) is 0 Å². The second-order valence-electron chi connectivity index (χ2n) is 11.5. The number of fused-ring (bicyclic) bond motifs is 1. The van der Waals surface area contributed by atoms with Gasteiger partial charge in [0.05, 0.1) is 18.2 Å². The number of aromatic nitrogens is 2. The number of carbonyl (C=O) groups is 3. The molecule has 2 N–H and O–H groups in total.